The molecule has 0 aliphatic carbocycles. The molecule has 1 rings (SSSR count). The quantitative estimate of drug-likeness (QED) is 0.617. The molecule has 0 radical (unpaired) electrons. The molecule has 1 aliphatic heterocycles. The van der Waals surface area contributed by atoms with E-state index in [0.29, 0.717) is 0 Å². The summed E-state index contributed by atoms with van der Waals surface area (Å²) in [5, 5.41) is 0. The maximum atomic E-state index is 5.76. The van der Waals surface area contributed by atoms with E-state index in [1.807, 2.05) is 0 Å². The van der Waals surface area contributed by atoms with Crippen LogP contribution in [0, 0.1) is 0 Å². The molecule has 1 fully saturated rings. The number of hydrogen-bond donors (Lipinski definition) is 0. The van der Waals surface area contributed by atoms with Crippen LogP contribution >= 0.6 is 11.8 Å². The van der Waals surface area contributed by atoms with Crippen LogP contribution in [0.25, 0.3) is 0 Å². The van der Waals surface area contributed by atoms with E-state index in [-0.39, 0.29) is 18.3 Å². The minimum absolute atomic E-state index is 0.0370. The lowest BCUT2D eigenvalue weighted by Gasteiger charge is -2.32. The van der Waals surface area contributed by atoms with Gasteiger partial charge in [-0.3, -0.25) is 0 Å². The highest BCUT2D eigenvalue weighted by Crippen LogP contribution is 2.37. The van der Waals surface area contributed by atoms with Crippen molar-refractivity contribution in [2.45, 2.75) is 38.9 Å². The van der Waals surface area contributed by atoms with Gasteiger partial charge in [0.05, 0.1) is 11.2 Å². The zero-order valence-corrected chi connectivity index (χ0v) is 9.33. The Hall–Kier alpha value is 0.335. The molecule has 0 bridgehead atoms. The molecule has 2 nitrogen and oxygen atoms in total. The van der Waals surface area contributed by atoms with Crippen molar-refractivity contribution in [3.8, 4) is 0 Å². The lowest BCUT2D eigenvalue weighted by Crippen LogP contribution is -2.41. The Morgan fingerprint density at radius 2 is 1.50 bits per heavy atom. The first-order chi connectivity index (χ1) is 5.39. The molecule has 0 aromatic heterocycles. The van der Waals surface area contributed by atoms with E-state index in [1.165, 1.54) is 0 Å². The smallest absolute Gasteiger partial charge is 0.403 e. The van der Waals surface area contributed by atoms with E-state index in [0.717, 1.165) is 5.65 Å². The monoisotopic (exact) mass is 188 g/mol. The van der Waals surface area contributed by atoms with Gasteiger partial charge in [-0.15, -0.1) is 0 Å². The van der Waals surface area contributed by atoms with Crippen LogP contribution in [0.2, 0.25) is 0 Å². The summed E-state index contributed by atoms with van der Waals surface area (Å²) < 4.78 is 11.5. The van der Waals surface area contributed by atoms with Crippen LogP contribution in [-0.4, -0.2) is 30.2 Å². The fraction of sp³-hybridized carbons (Fsp3) is 1.00. The second kappa shape index (κ2) is 3.24. The predicted octanol–water partition coefficient (Wildman–Crippen LogP) is 1.98. The molecule has 0 aromatic carbocycles. The molecule has 0 saturated carbocycles. The zero-order chi connectivity index (χ0) is 9.41. The summed E-state index contributed by atoms with van der Waals surface area (Å²) in [6, 6.07) is 0. The van der Waals surface area contributed by atoms with Gasteiger partial charge in [-0.2, -0.15) is 11.8 Å². The summed E-state index contributed by atoms with van der Waals surface area (Å²) in [4.78, 5) is 0. The Morgan fingerprint density at radius 1 is 1.08 bits per heavy atom. The Kier molecular flexibility index (Phi) is 2.81. The molecule has 0 amide bonds. The van der Waals surface area contributed by atoms with Crippen LogP contribution in [0.4, 0.5) is 0 Å². The molecule has 0 unspecified atom stereocenters. The highest BCUT2D eigenvalue weighted by molar-refractivity contribution is 7.99. The Balaban J connectivity index is 2.61. The second-order valence-corrected chi connectivity index (χ2v) is 5.05. The van der Waals surface area contributed by atoms with Crippen LogP contribution in [0.5, 0.6) is 0 Å². The molecule has 0 spiro atoms. The van der Waals surface area contributed by atoms with Gasteiger partial charge >= 0.3 is 7.12 Å². The van der Waals surface area contributed by atoms with Crippen LogP contribution in [0.15, 0.2) is 0 Å². The van der Waals surface area contributed by atoms with Crippen LogP contribution in [-0.2, 0) is 9.31 Å². The Labute approximate surface area is 79.5 Å². The van der Waals surface area contributed by atoms with Crippen molar-refractivity contribution in [3.63, 3.8) is 0 Å². The van der Waals surface area contributed by atoms with Crippen molar-refractivity contribution in [3.05, 3.63) is 0 Å². The maximum absolute atomic E-state index is 5.76. The number of hydrogen-bond acceptors (Lipinski definition) is 3. The predicted molar refractivity (Wildman–Crippen MR) is 54.5 cm³/mol. The topological polar surface area (TPSA) is 18.5 Å². The molecule has 4 heteroatoms. The van der Waals surface area contributed by atoms with E-state index < -0.39 is 0 Å². The van der Waals surface area contributed by atoms with Gasteiger partial charge in [-0.05, 0) is 34.0 Å². The molecule has 0 N–H and O–H groups in total. The molecular weight excluding hydrogens is 171 g/mol. The van der Waals surface area contributed by atoms with Crippen molar-refractivity contribution < 1.29 is 9.31 Å². The van der Waals surface area contributed by atoms with E-state index >= 15 is 0 Å². The van der Waals surface area contributed by atoms with Gasteiger partial charge in [0.1, 0.15) is 0 Å². The third kappa shape index (κ3) is 1.81. The highest BCUT2D eigenvalue weighted by Gasteiger charge is 2.50. The third-order valence-corrected chi connectivity index (χ3v) is 3.21. The standard InChI is InChI=1S/C8H17BO2S/c1-7(2)8(3,4)11-9(10-7)6-12-5/h6H2,1-5H3. The average Bonchev–Trinajstić information content (AvgIpc) is 2.02. The van der Waals surface area contributed by atoms with Crippen LogP contribution in [0.1, 0.15) is 27.7 Å². The first-order valence-electron chi connectivity index (χ1n) is 4.23. The summed E-state index contributed by atoms with van der Waals surface area (Å²) in [7, 11) is -0.0370. The van der Waals surface area contributed by atoms with E-state index in [4.69, 9.17) is 9.31 Å². The lowest BCUT2D eigenvalue weighted by atomic mass is 9.90. The molecule has 0 aromatic rings. The second-order valence-electron chi connectivity index (χ2n) is 4.14. The zero-order valence-electron chi connectivity index (χ0n) is 8.51. The van der Waals surface area contributed by atoms with Crippen molar-refractivity contribution in [2.24, 2.45) is 0 Å². The van der Waals surface area contributed by atoms with Gasteiger partial charge in [0.15, 0.2) is 0 Å². The fourth-order valence-electron chi connectivity index (χ4n) is 1.17. The normalized spacial score (nSPS) is 26.2. The van der Waals surface area contributed by atoms with Crippen molar-refractivity contribution in [1.82, 2.24) is 0 Å². The van der Waals surface area contributed by atoms with E-state index in [9.17, 15) is 0 Å². The van der Waals surface area contributed by atoms with E-state index in [1.54, 1.807) is 11.8 Å². The summed E-state index contributed by atoms with van der Waals surface area (Å²) in [6.07, 6.45) is 2.06. The number of rotatable bonds is 2. The SMILES string of the molecule is CSCB1OC(C)(C)C(C)(C)O1. The molecular formula is C8H17BO2S. The van der Waals surface area contributed by atoms with Gasteiger partial charge in [0.25, 0.3) is 0 Å². The van der Waals surface area contributed by atoms with Crippen LogP contribution in [0.3, 0.4) is 0 Å². The van der Waals surface area contributed by atoms with Crippen LogP contribution < -0.4 is 0 Å². The van der Waals surface area contributed by atoms with Gasteiger partial charge in [-0.25, -0.2) is 0 Å². The average molecular weight is 188 g/mol. The Morgan fingerprint density at radius 3 is 1.83 bits per heavy atom. The number of thioether (sulfide) groups is 1. The fourth-order valence-corrected chi connectivity index (χ4v) is 1.58. The van der Waals surface area contributed by atoms with Gasteiger partial charge in [0, 0.05) is 5.65 Å². The Bertz CT molecular complexity index is 154. The lowest BCUT2D eigenvalue weighted by molar-refractivity contribution is 0.00578. The largest absolute Gasteiger partial charge is 0.468 e. The molecule has 1 aliphatic rings. The molecule has 70 valence electrons. The van der Waals surface area contributed by atoms with Crippen molar-refractivity contribution >= 4 is 18.9 Å². The summed E-state index contributed by atoms with van der Waals surface area (Å²) >= 11 is 1.75. The van der Waals surface area contributed by atoms with Crippen molar-refractivity contribution in [2.75, 3.05) is 11.9 Å². The molecule has 1 heterocycles. The first-order valence-corrected chi connectivity index (χ1v) is 5.63. The third-order valence-electron chi connectivity index (χ3n) is 2.60. The first kappa shape index (κ1) is 10.4. The minimum atomic E-state index is -0.173. The molecule has 12 heavy (non-hydrogen) atoms. The van der Waals surface area contributed by atoms with Gasteiger partial charge < -0.3 is 9.31 Å². The highest BCUT2D eigenvalue weighted by atomic mass is 32.2. The van der Waals surface area contributed by atoms with Gasteiger partial charge in [0.2, 0.25) is 0 Å². The minimum Gasteiger partial charge on any atom is -0.403 e. The molecule has 0 atom stereocenters. The summed E-state index contributed by atoms with van der Waals surface area (Å²) in [5.74, 6) is 0. The summed E-state index contributed by atoms with van der Waals surface area (Å²) in [6.45, 7) is 8.31. The molecule has 1 saturated heterocycles. The van der Waals surface area contributed by atoms with E-state index in [2.05, 4.69) is 34.0 Å². The van der Waals surface area contributed by atoms with Crippen molar-refractivity contribution in [1.29, 1.82) is 0 Å². The maximum Gasteiger partial charge on any atom is 0.468 e. The van der Waals surface area contributed by atoms with Gasteiger partial charge in [-0.1, -0.05) is 0 Å². The summed E-state index contributed by atoms with van der Waals surface area (Å²) in [5.41, 5.74) is 0.563.